The Hall–Kier alpha value is -2.37. The van der Waals surface area contributed by atoms with Crippen LogP contribution in [0.1, 0.15) is 11.1 Å². The molecule has 0 aliphatic rings. The van der Waals surface area contributed by atoms with Crippen LogP contribution in [-0.2, 0) is 0 Å². The molecule has 1 heterocycles. The molecule has 4 rings (SSSR count). The van der Waals surface area contributed by atoms with Gasteiger partial charge in [0.15, 0.2) is 0 Å². The maximum Gasteiger partial charge on any atom is 0.350 e. The number of rotatable bonds is 4. The minimum atomic E-state index is -0.0345. The van der Waals surface area contributed by atoms with Gasteiger partial charge in [0.1, 0.15) is 0 Å². The standard InChI is InChI=1S/C21H18N2OS2/c1-15-9-3-7-13-19(15)25-22-17-11-5-6-12-18(17)23(21(22)24)26-20-14-8-4-10-16(20)2/h3-14H,1-2H3. The molecule has 0 unspecified atom stereocenters. The van der Waals surface area contributed by atoms with E-state index in [0.29, 0.717) is 0 Å². The van der Waals surface area contributed by atoms with Gasteiger partial charge in [-0.2, -0.15) is 0 Å². The summed E-state index contributed by atoms with van der Waals surface area (Å²) in [6, 6.07) is 24.2. The van der Waals surface area contributed by atoms with Crippen LogP contribution in [-0.4, -0.2) is 7.94 Å². The summed E-state index contributed by atoms with van der Waals surface area (Å²) in [5, 5.41) is 0. The second kappa shape index (κ2) is 7.09. The Labute approximate surface area is 160 Å². The highest BCUT2D eigenvalue weighted by atomic mass is 32.2. The second-order valence-electron chi connectivity index (χ2n) is 6.07. The molecule has 0 saturated heterocycles. The first kappa shape index (κ1) is 17.1. The number of para-hydroxylation sites is 2. The lowest BCUT2D eigenvalue weighted by molar-refractivity contribution is 1.09. The molecular formula is C21H18N2OS2. The van der Waals surface area contributed by atoms with Crippen LogP contribution in [0.2, 0.25) is 0 Å². The summed E-state index contributed by atoms with van der Waals surface area (Å²) in [4.78, 5) is 15.4. The van der Waals surface area contributed by atoms with Crippen LogP contribution in [0.5, 0.6) is 0 Å². The summed E-state index contributed by atoms with van der Waals surface area (Å²) in [5.41, 5.74) is 4.13. The summed E-state index contributed by atoms with van der Waals surface area (Å²) in [6.07, 6.45) is 0. The molecule has 0 fully saturated rings. The number of imidazole rings is 1. The zero-order valence-electron chi connectivity index (χ0n) is 14.5. The van der Waals surface area contributed by atoms with E-state index in [0.717, 1.165) is 32.0 Å². The fraction of sp³-hybridized carbons (Fsp3) is 0.0952. The number of aryl methyl sites for hydroxylation is 2. The fourth-order valence-electron chi connectivity index (χ4n) is 2.79. The first-order valence-electron chi connectivity index (χ1n) is 8.35. The Bertz CT molecular complexity index is 1060. The van der Waals surface area contributed by atoms with Gasteiger partial charge in [0, 0.05) is 9.79 Å². The van der Waals surface area contributed by atoms with E-state index in [1.165, 1.54) is 23.9 Å². The fourth-order valence-corrected chi connectivity index (χ4v) is 4.76. The Kier molecular flexibility index (Phi) is 4.66. The zero-order chi connectivity index (χ0) is 18.1. The molecule has 4 aromatic rings. The Morgan fingerprint density at radius 3 is 1.42 bits per heavy atom. The van der Waals surface area contributed by atoms with Crippen molar-refractivity contribution in [1.29, 1.82) is 0 Å². The highest BCUT2D eigenvalue weighted by molar-refractivity contribution is 7.98. The van der Waals surface area contributed by atoms with Crippen LogP contribution in [0.15, 0.2) is 87.4 Å². The molecule has 0 bridgehead atoms. The topological polar surface area (TPSA) is 26.9 Å². The summed E-state index contributed by atoms with van der Waals surface area (Å²) in [7, 11) is 0. The van der Waals surface area contributed by atoms with Crippen LogP contribution >= 0.6 is 23.9 Å². The van der Waals surface area contributed by atoms with Gasteiger partial charge in [0.2, 0.25) is 0 Å². The van der Waals surface area contributed by atoms with E-state index < -0.39 is 0 Å². The van der Waals surface area contributed by atoms with E-state index in [1.54, 1.807) is 7.94 Å². The molecule has 0 atom stereocenters. The van der Waals surface area contributed by atoms with Crippen molar-refractivity contribution in [2.75, 3.05) is 0 Å². The minimum absolute atomic E-state index is 0.0345. The van der Waals surface area contributed by atoms with E-state index in [4.69, 9.17) is 0 Å². The molecule has 0 amide bonds. The van der Waals surface area contributed by atoms with Crippen molar-refractivity contribution in [3.05, 3.63) is 94.4 Å². The SMILES string of the molecule is Cc1ccccc1Sn1c(=O)n(Sc2ccccc2C)c2ccccc21. The number of nitrogens with zero attached hydrogens (tertiary/aromatic N) is 2. The van der Waals surface area contributed by atoms with Gasteiger partial charge in [-0.15, -0.1) is 0 Å². The lowest BCUT2D eigenvalue weighted by Crippen LogP contribution is -2.17. The first-order chi connectivity index (χ1) is 12.6. The minimum Gasteiger partial charge on any atom is -0.246 e. The highest BCUT2D eigenvalue weighted by Gasteiger charge is 2.16. The Morgan fingerprint density at radius 1 is 0.615 bits per heavy atom. The predicted molar refractivity (Wildman–Crippen MR) is 111 cm³/mol. The van der Waals surface area contributed by atoms with Crippen LogP contribution < -0.4 is 5.69 Å². The molecule has 0 spiro atoms. The van der Waals surface area contributed by atoms with Gasteiger partial charge >= 0.3 is 5.69 Å². The van der Waals surface area contributed by atoms with Crippen LogP contribution in [0.25, 0.3) is 11.0 Å². The number of hydrogen-bond donors (Lipinski definition) is 0. The molecular weight excluding hydrogens is 360 g/mol. The number of hydrogen-bond acceptors (Lipinski definition) is 3. The van der Waals surface area contributed by atoms with Gasteiger partial charge in [0.25, 0.3) is 0 Å². The van der Waals surface area contributed by atoms with E-state index in [-0.39, 0.29) is 5.69 Å². The maximum absolute atomic E-state index is 13.2. The van der Waals surface area contributed by atoms with Gasteiger partial charge in [-0.3, -0.25) is 0 Å². The average Bonchev–Trinajstić information content (AvgIpc) is 2.91. The summed E-state index contributed by atoms with van der Waals surface area (Å²) < 4.78 is 3.56. The second-order valence-corrected chi connectivity index (χ2v) is 8.05. The van der Waals surface area contributed by atoms with Gasteiger partial charge in [-0.1, -0.05) is 48.5 Å². The third-order valence-corrected chi connectivity index (χ3v) is 6.61. The van der Waals surface area contributed by atoms with Gasteiger partial charge < -0.3 is 0 Å². The molecule has 0 aliphatic carbocycles. The van der Waals surface area contributed by atoms with Crippen molar-refractivity contribution in [1.82, 2.24) is 7.94 Å². The van der Waals surface area contributed by atoms with Crippen LogP contribution in [0, 0.1) is 13.8 Å². The lowest BCUT2D eigenvalue weighted by Gasteiger charge is -2.06. The van der Waals surface area contributed by atoms with Gasteiger partial charge in [-0.25, -0.2) is 12.7 Å². The van der Waals surface area contributed by atoms with Crippen molar-refractivity contribution >= 4 is 34.9 Å². The third kappa shape index (κ3) is 3.08. The lowest BCUT2D eigenvalue weighted by atomic mass is 10.2. The van der Waals surface area contributed by atoms with Crippen LogP contribution in [0.3, 0.4) is 0 Å². The number of aromatic nitrogens is 2. The van der Waals surface area contributed by atoms with Gasteiger partial charge in [0.05, 0.1) is 11.0 Å². The Morgan fingerprint density at radius 2 is 1.00 bits per heavy atom. The third-order valence-electron chi connectivity index (χ3n) is 4.23. The van der Waals surface area contributed by atoms with Crippen LogP contribution in [0.4, 0.5) is 0 Å². The molecule has 0 N–H and O–H groups in total. The van der Waals surface area contributed by atoms with Crippen molar-refractivity contribution < 1.29 is 0 Å². The molecule has 3 nitrogen and oxygen atoms in total. The van der Waals surface area contributed by atoms with Gasteiger partial charge in [-0.05, 0) is 73.1 Å². The van der Waals surface area contributed by atoms with Crippen molar-refractivity contribution in [2.45, 2.75) is 23.6 Å². The quantitative estimate of drug-likeness (QED) is 0.467. The summed E-state index contributed by atoms with van der Waals surface area (Å²) in [5.74, 6) is 0. The molecule has 3 aromatic carbocycles. The van der Waals surface area contributed by atoms with E-state index in [2.05, 4.69) is 26.0 Å². The predicted octanol–water partition coefficient (Wildman–Crippen LogP) is 5.53. The smallest absolute Gasteiger partial charge is 0.246 e. The summed E-state index contributed by atoms with van der Waals surface area (Å²) >= 11 is 2.95. The molecule has 0 aliphatic heterocycles. The van der Waals surface area contributed by atoms with E-state index in [1.807, 2.05) is 60.7 Å². The Balaban J connectivity index is 1.85. The molecule has 26 heavy (non-hydrogen) atoms. The normalized spacial score (nSPS) is 11.2. The number of fused-ring (bicyclic) bond motifs is 1. The molecule has 1 aromatic heterocycles. The monoisotopic (exact) mass is 378 g/mol. The van der Waals surface area contributed by atoms with Crippen molar-refractivity contribution in [2.24, 2.45) is 0 Å². The largest absolute Gasteiger partial charge is 0.350 e. The van der Waals surface area contributed by atoms with E-state index >= 15 is 0 Å². The number of benzene rings is 3. The molecule has 5 heteroatoms. The zero-order valence-corrected chi connectivity index (χ0v) is 16.2. The average molecular weight is 379 g/mol. The molecule has 0 radical (unpaired) electrons. The molecule has 0 saturated carbocycles. The van der Waals surface area contributed by atoms with Crippen molar-refractivity contribution in [3.8, 4) is 0 Å². The van der Waals surface area contributed by atoms with Crippen molar-refractivity contribution in [3.63, 3.8) is 0 Å². The molecule has 130 valence electrons. The highest BCUT2D eigenvalue weighted by Crippen LogP contribution is 2.30. The first-order valence-corrected chi connectivity index (χ1v) is 9.90. The van der Waals surface area contributed by atoms with E-state index in [9.17, 15) is 4.79 Å². The summed E-state index contributed by atoms with van der Waals surface area (Å²) in [6.45, 7) is 4.13. The maximum atomic E-state index is 13.2.